The Kier molecular flexibility index (Phi) is 5.20. The van der Waals surface area contributed by atoms with Crippen LogP contribution in [-0.4, -0.2) is 15.9 Å². The van der Waals surface area contributed by atoms with Gasteiger partial charge in [0.05, 0.1) is 0 Å². The quantitative estimate of drug-likeness (QED) is 0.762. The normalized spacial score (nSPS) is 10.2. The minimum absolute atomic E-state index is 0.131. The summed E-state index contributed by atoms with van der Waals surface area (Å²) >= 11 is 0. The van der Waals surface area contributed by atoms with Crippen LogP contribution in [0.1, 0.15) is 11.1 Å². The second-order valence-electron chi connectivity index (χ2n) is 5.50. The van der Waals surface area contributed by atoms with Crippen LogP contribution in [-0.2, 0) is 13.1 Å². The fraction of sp³-hybridized carbons (Fsp3) is 0.100. The smallest absolute Gasteiger partial charge is 0.316 e. The molecular formula is C20H19N3O. The molecule has 0 aliphatic heterocycles. The van der Waals surface area contributed by atoms with Crippen LogP contribution >= 0.6 is 0 Å². The van der Waals surface area contributed by atoms with Gasteiger partial charge in [-0.2, -0.15) is 0 Å². The number of hydrogen-bond donors (Lipinski definition) is 1. The highest BCUT2D eigenvalue weighted by Gasteiger charge is 2.15. The summed E-state index contributed by atoms with van der Waals surface area (Å²) in [6.07, 6.45) is 3.52. The SMILES string of the molecule is O=C(Nc1ccccc1)N(Cc1ccccc1)Cc1cccnc1. The predicted octanol–water partition coefficient (Wildman–Crippen LogP) is 4.32. The molecule has 3 aromatic rings. The molecule has 4 nitrogen and oxygen atoms in total. The van der Waals surface area contributed by atoms with E-state index < -0.39 is 0 Å². The molecule has 2 aromatic carbocycles. The summed E-state index contributed by atoms with van der Waals surface area (Å²) in [5.74, 6) is 0. The molecule has 1 heterocycles. The van der Waals surface area contributed by atoms with Crippen LogP contribution in [0.4, 0.5) is 10.5 Å². The minimum atomic E-state index is -0.131. The van der Waals surface area contributed by atoms with E-state index in [2.05, 4.69) is 10.3 Å². The van der Waals surface area contributed by atoms with Crippen molar-refractivity contribution in [1.82, 2.24) is 9.88 Å². The van der Waals surface area contributed by atoms with Crippen LogP contribution in [0.3, 0.4) is 0 Å². The van der Waals surface area contributed by atoms with Crippen molar-refractivity contribution < 1.29 is 4.79 Å². The van der Waals surface area contributed by atoms with Crippen LogP contribution in [0.15, 0.2) is 85.2 Å². The Labute approximate surface area is 141 Å². The summed E-state index contributed by atoms with van der Waals surface area (Å²) in [5, 5.41) is 2.95. The zero-order valence-electron chi connectivity index (χ0n) is 13.3. The number of aromatic nitrogens is 1. The number of rotatable bonds is 5. The maximum Gasteiger partial charge on any atom is 0.322 e. The van der Waals surface area contributed by atoms with Crippen molar-refractivity contribution in [3.8, 4) is 0 Å². The Hall–Kier alpha value is -3.14. The third-order valence-electron chi connectivity index (χ3n) is 3.62. The Morgan fingerprint density at radius 1 is 0.833 bits per heavy atom. The highest BCUT2D eigenvalue weighted by Crippen LogP contribution is 2.13. The number of amides is 2. The summed E-state index contributed by atoms with van der Waals surface area (Å²) < 4.78 is 0. The van der Waals surface area contributed by atoms with Gasteiger partial charge in [-0.25, -0.2) is 4.79 Å². The molecular weight excluding hydrogens is 298 g/mol. The van der Waals surface area contributed by atoms with E-state index in [9.17, 15) is 4.79 Å². The van der Waals surface area contributed by atoms with Gasteiger partial charge in [0, 0.05) is 31.2 Å². The Morgan fingerprint density at radius 2 is 1.46 bits per heavy atom. The first-order valence-electron chi connectivity index (χ1n) is 7.85. The van der Waals surface area contributed by atoms with E-state index in [0.717, 1.165) is 16.8 Å². The van der Waals surface area contributed by atoms with Crippen molar-refractivity contribution in [1.29, 1.82) is 0 Å². The molecule has 0 saturated heterocycles. The third-order valence-corrected chi connectivity index (χ3v) is 3.62. The van der Waals surface area contributed by atoms with Crippen LogP contribution in [0, 0.1) is 0 Å². The van der Waals surface area contributed by atoms with Gasteiger partial charge < -0.3 is 10.2 Å². The van der Waals surface area contributed by atoms with Crippen molar-refractivity contribution in [2.75, 3.05) is 5.32 Å². The van der Waals surface area contributed by atoms with E-state index in [1.165, 1.54) is 0 Å². The lowest BCUT2D eigenvalue weighted by Gasteiger charge is -2.23. The number of carbonyl (C=O) groups excluding carboxylic acids is 1. The molecule has 0 atom stereocenters. The van der Waals surface area contributed by atoms with E-state index >= 15 is 0 Å². The van der Waals surface area contributed by atoms with Crippen molar-refractivity contribution >= 4 is 11.7 Å². The Balaban J connectivity index is 1.76. The summed E-state index contributed by atoms with van der Waals surface area (Å²) in [6.45, 7) is 1.04. The van der Waals surface area contributed by atoms with E-state index in [-0.39, 0.29) is 6.03 Å². The number of benzene rings is 2. The number of hydrogen-bond acceptors (Lipinski definition) is 2. The maximum absolute atomic E-state index is 12.7. The molecule has 0 aliphatic rings. The van der Waals surface area contributed by atoms with Gasteiger partial charge in [0.1, 0.15) is 0 Å². The molecule has 120 valence electrons. The topological polar surface area (TPSA) is 45.2 Å². The molecule has 0 spiro atoms. The Morgan fingerprint density at radius 3 is 2.12 bits per heavy atom. The fourth-order valence-electron chi connectivity index (χ4n) is 2.44. The van der Waals surface area contributed by atoms with E-state index in [1.807, 2.05) is 72.8 Å². The van der Waals surface area contributed by atoms with Crippen LogP contribution in [0.25, 0.3) is 0 Å². The molecule has 2 amide bonds. The van der Waals surface area contributed by atoms with Gasteiger partial charge in [0.2, 0.25) is 0 Å². The molecule has 0 saturated carbocycles. The second-order valence-corrected chi connectivity index (χ2v) is 5.50. The largest absolute Gasteiger partial charge is 0.322 e. The number of anilines is 1. The molecule has 3 rings (SSSR count). The number of urea groups is 1. The van der Waals surface area contributed by atoms with Gasteiger partial charge in [-0.05, 0) is 29.3 Å². The minimum Gasteiger partial charge on any atom is -0.316 e. The van der Waals surface area contributed by atoms with Gasteiger partial charge in [-0.3, -0.25) is 4.98 Å². The number of pyridine rings is 1. The van der Waals surface area contributed by atoms with Gasteiger partial charge in [-0.15, -0.1) is 0 Å². The van der Waals surface area contributed by atoms with Crippen LogP contribution in [0.2, 0.25) is 0 Å². The fourth-order valence-corrected chi connectivity index (χ4v) is 2.44. The summed E-state index contributed by atoms with van der Waals surface area (Å²) in [6, 6.07) is 23.2. The lowest BCUT2D eigenvalue weighted by molar-refractivity contribution is 0.206. The van der Waals surface area contributed by atoms with Crippen molar-refractivity contribution in [2.45, 2.75) is 13.1 Å². The van der Waals surface area contributed by atoms with Gasteiger partial charge in [-0.1, -0.05) is 54.6 Å². The number of nitrogens with zero attached hydrogens (tertiary/aromatic N) is 2. The first-order chi connectivity index (χ1) is 11.8. The standard InChI is InChI=1S/C20H19N3O/c24-20(22-19-11-5-2-6-12-19)23(15-17-8-3-1-4-9-17)16-18-10-7-13-21-14-18/h1-14H,15-16H2,(H,22,24). The van der Waals surface area contributed by atoms with Gasteiger partial charge in [0.15, 0.2) is 0 Å². The number of nitrogens with one attached hydrogen (secondary N) is 1. The summed E-state index contributed by atoms with van der Waals surface area (Å²) in [4.78, 5) is 18.6. The molecule has 0 fully saturated rings. The first kappa shape index (κ1) is 15.7. The molecule has 1 aromatic heterocycles. The van der Waals surface area contributed by atoms with Crippen LogP contribution in [0.5, 0.6) is 0 Å². The maximum atomic E-state index is 12.7. The molecule has 4 heteroatoms. The van der Waals surface area contributed by atoms with E-state index in [4.69, 9.17) is 0 Å². The molecule has 24 heavy (non-hydrogen) atoms. The zero-order chi connectivity index (χ0) is 16.6. The lowest BCUT2D eigenvalue weighted by atomic mass is 10.2. The van der Waals surface area contributed by atoms with E-state index in [0.29, 0.717) is 13.1 Å². The average Bonchev–Trinajstić information content (AvgIpc) is 2.64. The Bertz CT molecular complexity index is 719. The molecule has 0 unspecified atom stereocenters. The molecule has 0 aliphatic carbocycles. The van der Waals surface area contributed by atoms with Crippen molar-refractivity contribution in [2.24, 2.45) is 0 Å². The second kappa shape index (κ2) is 7.92. The summed E-state index contributed by atoms with van der Waals surface area (Å²) in [7, 11) is 0. The van der Waals surface area contributed by atoms with Crippen LogP contribution < -0.4 is 5.32 Å². The first-order valence-corrected chi connectivity index (χ1v) is 7.85. The van der Waals surface area contributed by atoms with E-state index in [1.54, 1.807) is 17.3 Å². The highest BCUT2D eigenvalue weighted by atomic mass is 16.2. The van der Waals surface area contributed by atoms with Crippen molar-refractivity contribution in [3.63, 3.8) is 0 Å². The highest BCUT2D eigenvalue weighted by molar-refractivity contribution is 5.89. The van der Waals surface area contributed by atoms with Crippen molar-refractivity contribution in [3.05, 3.63) is 96.3 Å². The monoisotopic (exact) mass is 317 g/mol. The summed E-state index contributed by atoms with van der Waals surface area (Å²) in [5.41, 5.74) is 2.87. The lowest BCUT2D eigenvalue weighted by Crippen LogP contribution is -2.34. The molecule has 1 N–H and O–H groups in total. The number of para-hydroxylation sites is 1. The zero-order valence-corrected chi connectivity index (χ0v) is 13.3. The molecule has 0 radical (unpaired) electrons. The van der Waals surface area contributed by atoms with Gasteiger partial charge >= 0.3 is 6.03 Å². The van der Waals surface area contributed by atoms with Gasteiger partial charge in [0.25, 0.3) is 0 Å². The third kappa shape index (κ3) is 4.43. The predicted molar refractivity (Wildman–Crippen MR) is 95.4 cm³/mol. The number of carbonyl (C=O) groups is 1. The average molecular weight is 317 g/mol. The molecule has 0 bridgehead atoms.